The summed E-state index contributed by atoms with van der Waals surface area (Å²) in [6.07, 6.45) is 5.00. The number of ether oxygens (including phenoxy) is 1. The van der Waals surface area contributed by atoms with Crippen LogP contribution in [0.2, 0.25) is 0 Å². The molecular formula is C21H29N3OS. The SMILES string of the molecule is CCN(C)/C=N\c1cc(C)c(Cc2nc(C3CCOCC3)cs2)cc1C. The van der Waals surface area contributed by atoms with Crippen molar-refractivity contribution in [2.75, 3.05) is 26.8 Å². The highest BCUT2D eigenvalue weighted by Crippen LogP contribution is 2.30. The van der Waals surface area contributed by atoms with Crippen molar-refractivity contribution in [3.05, 3.63) is 44.9 Å². The summed E-state index contributed by atoms with van der Waals surface area (Å²) in [6.45, 7) is 9.12. The lowest BCUT2D eigenvalue weighted by atomic mass is 9.97. The number of aromatic nitrogens is 1. The van der Waals surface area contributed by atoms with Crippen LogP contribution in [0.3, 0.4) is 0 Å². The molecule has 0 radical (unpaired) electrons. The first-order valence-corrected chi connectivity index (χ1v) is 10.3. The van der Waals surface area contributed by atoms with Crippen molar-refractivity contribution in [2.45, 2.75) is 46.0 Å². The van der Waals surface area contributed by atoms with Gasteiger partial charge < -0.3 is 9.64 Å². The Bertz CT molecular complexity index is 763. The average Bonchev–Trinajstić information content (AvgIpc) is 3.12. The third-order valence-corrected chi connectivity index (χ3v) is 5.97. The second-order valence-electron chi connectivity index (χ2n) is 7.11. The molecule has 0 saturated carbocycles. The molecule has 0 bridgehead atoms. The van der Waals surface area contributed by atoms with Gasteiger partial charge in [-0.15, -0.1) is 11.3 Å². The van der Waals surface area contributed by atoms with Crippen molar-refractivity contribution < 1.29 is 4.74 Å². The highest BCUT2D eigenvalue weighted by molar-refractivity contribution is 7.09. The van der Waals surface area contributed by atoms with Crippen LogP contribution < -0.4 is 0 Å². The van der Waals surface area contributed by atoms with Crippen LogP contribution in [0, 0.1) is 13.8 Å². The zero-order chi connectivity index (χ0) is 18.5. The molecule has 1 aromatic carbocycles. The normalized spacial score (nSPS) is 15.7. The summed E-state index contributed by atoms with van der Waals surface area (Å²) in [5.74, 6) is 0.573. The number of hydrogen-bond acceptors (Lipinski definition) is 4. The van der Waals surface area contributed by atoms with Gasteiger partial charge >= 0.3 is 0 Å². The second kappa shape index (κ2) is 8.78. The van der Waals surface area contributed by atoms with E-state index in [1.165, 1.54) is 27.4 Å². The fraction of sp³-hybridized carbons (Fsp3) is 0.524. The van der Waals surface area contributed by atoms with E-state index in [-0.39, 0.29) is 0 Å². The third kappa shape index (κ3) is 4.71. The van der Waals surface area contributed by atoms with Crippen LogP contribution in [-0.2, 0) is 11.2 Å². The Hall–Kier alpha value is -1.72. The highest BCUT2D eigenvalue weighted by Gasteiger charge is 2.19. The number of nitrogens with zero attached hydrogens (tertiary/aromatic N) is 3. The molecular weight excluding hydrogens is 342 g/mol. The summed E-state index contributed by atoms with van der Waals surface area (Å²) in [5.41, 5.74) is 6.15. The quantitative estimate of drug-likeness (QED) is 0.538. The van der Waals surface area contributed by atoms with E-state index in [9.17, 15) is 0 Å². The van der Waals surface area contributed by atoms with Crippen LogP contribution in [0.15, 0.2) is 22.5 Å². The summed E-state index contributed by atoms with van der Waals surface area (Å²) >= 11 is 1.79. The predicted molar refractivity (Wildman–Crippen MR) is 110 cm³/mol. The first kappa shape index (κ1) is 19.1. The Labute approximate surface area is 160 Å². The van der Waals surface area contributed by atoms with Gasteiger partial charge in [0, 0.05) is 44.5 Å². The third-order valence-electron chi connectivity index (χ3n) is 5.10. The molecule has 1 fully saturated rings. The Morgan fingerprint density at radius 1 is 1.27 bits per heavy atom. The lowest BCUT2D eigenvalue weighted by molar-refractivity contribution is 0.0846. The molecule has 4 nitrogen and oxygen atoms in total. The van der Waals surface area contributed by atoms with Gasteiger partial charge in [-0.3, -0.25) is 0 Å². The van der Waals surface area contributed by atoms with E-state index in [0.717, 1.165) is 44.7 Å². The molecule has 2 aromatic rings. The zero-order valence-electron chi connectivity index (χ0n) is 16.3. The van der Waals surface area contributed by atoms with Crippen LogP contribution >= 0.6 is 11.3 Å². The molecule has 0 N–H and O–H groups in total. The average molecular weight is 372 g/mol. The molecule has 1 saturated heterocycles. The summed E-state index contributed by atoms with van der Waals surface area (Å²) < 4.78 is 5.47. The number of rotatable bonds is 6. The van der Waals surface area contributed by atoms with Gasteiger partial charge in [-0.25, -0.2) is 9.98 Å². The molecule has 0 unspecified atom stereocenters. The molecule has 0 atom stereocenters. The number of aryl methyl sites for hydroxylation is 2. The molecule has 1 aliphatic heterocycles. The number of thiazole rings is 1. The topological polar surface area (TPSA) is 37.7 Å². The Kier molecular flexibility index (Phi) is 6.43. The zero-order valence-corrected chi connectivity index (χ0v) is 17.1. The summed E-state index contributed by atoms with van der Waals surface area (Å²) in [5, 5.41) is 3.45. The van der Waals surface area contributed by atoms with Crippen LogP contribution in [0.5, 0.6) is 0 Å². The van der Waals surface area contributed by atoms with E-state index in [1.54, 1.807) is 11.3 Å². The molecule has 0 spiro atoms. The summed E-state index contributed by atoms with van der Waals surface area (Å²) in [7, 11) is 2.04. The highest BCUT2D eigenvalue weighted by atomic mass is 32.1. The van der Waals surface area contributed by atoms with Crippen LogP contribution in [0.1, 0.15) is 53.1 Å². The van der Waals surface area contributed by atoms with Crippen molar-refractivity contribution in [3.8, 4) is 0 Å². The van der Waals surface area contributed by atoms with E-state index in [1.807, 2.05) is 13.4 Å². The maximum Gasteiger partial charge on any atom is 0.0972 e. The van der Waals surface area contributed by atoms with Crippen molar-refractivity contribution in [2.24, 2.45) is 4.99 Å². The molecule has 1 aromatic heterocycles. The first-order chi connectivity index (χ1) is 12.6. The second-order valence-corrected chi connectivity index (χ2v) is 8.06. The van der Waals surface area contributed by atoms with E-state index in [4.69, 9.17) is 9.72 Å². The largest absolute Gasteiger partial charge is 0.381 e. The lowest BCUT2D eigenvalue weighted by Gasteiger charge is -2.20. The van der Waals surface area contributed by atoms with Crippen LogP contribution in [0.25, 0.3) is 0 Å². The van der Waals surface area contributed by atoms with Gasteiger partial charge in [0.25, 0.3) is 0 Å². The van der Waals surface area contributed by atoms with Crippen molar-refractivity contribution in [3.63, 3.8) is 0 Å². The number of benzene rings is 1. The van der Waals surface area contributed by atoms with Gasteiger partial charge in [0.1, 0.15) is 0 Å². The molecule has 3 rings (SSSR count). The van der Waals surface area contributed by atoms with Crippen LogP contribution in [-0.4, -0.2) is 43.0 Å². The van der Waals surface area contributed by atoms with Gasteiger partial charge in [-0.2, -0.15) is 0 Å². The van der Waals surface area contributed by atoms with E-state index >= 15 is 0 Å². The minimum absolute atomic E-state index is 0.573. The number of hydrogen-bond donors (Lipinski definition) is 0. The van der Waals surface area contributed by atoms with Crippen molar-refractivity contribution >= 4 is 23.4 Å². The Morgan fingerprint density at radius 2 is 2.04 bits per heavy atom. The van der Waals surface area contributed by atoms with Gasteiger partial charge in [-0.1, -0.05) is 6.07 Å². The van der Waals surface area contributed by atoms with Crippen LogP contribution in [0.4, 0.5) is 5.69 Å². The maximum atomic E-state index is 5.47. The van der Waals surface area contributed by atoms with Gasteiger partial charge in [0.05, 0.1) is 22.7 Å². The number of aliphatic imine (C=N–C) groups is 1. The van der Waals surface area contributed by atoms with E-state index < -0.39 is 0 Å². The molecule has 0 aliphatic carbocycles. The fourth-order valence-electron chi connectivity index (χ4n) is 3.18. The van der Waals surface area contributed by atoms with E-state index in [2.05, 4.69) is 48.2 Å². The van der Waals surface area contributed by atoms with E-state index in [0.29, 0.717) is 5.92 Å². The molecule has 26 heavy (non-hydrogen) atoms. The van der Waals surface area contributed by atoms with Gasteiger partial charge in [0.15, 0.2) is 0 Å². The molecule has 2 heterocycles. The minimum atomic E-state index is 0.573. The monoisotopic (exact) mass is 371 g/mol. The standard InChI is InChI=1S/C21H29N3OS/c1-5-24(4)14-22-19-11-15(2)18(10-16(19)3)12-21-23-20(13-26-21)17-6-8-25-9-7-17/h10-11,13-14,17H,5-9,12H2,1-4H3/b22-14-. The Balaban J connectivity index is 1.73. The molecule has 140 valence electrons. The lowest BCUT2D eigenvalue weighted by Crippen LogP contribution is -2.14. The molecule has 1 aliphatic rings. The minimum Gasteiger partial charge on any atom is -0.381 e. The van der Waals surface area contributed by atoms with Crippen molar-refractivity contribution in [1.82, 2.24) is 9.88 Å². The maximum absolute atomic E-state index is 5.47. The van der Waals surface area contributed by atoms with Gasteiger partial charge in [0.2, 0.25) is 0 Å². The molecule has 5 heteroatoms. The summed E-state index contributed by atoms with van der Waals surface area (Å²) in [6, 6.07) is 4.46. The predicted octanol–water partition coefficient (Wildman–Crippen LogP) is 4.86. The molecule has 0 amide bonds. The smallest absolute Gasteiger partial charge is 0.0972 e. The fourth-order valence-corrected chi connectivity index (χ4v) is 4.08. The first-order valence-electron chi connectivity index (χ1n) is 9.43. The van der Waals surface area contributed by atoms with Gasteiger partial charge in [-0.05, 0) is 56.4 Å². The Morgan fingerprint density at radius 3 is 2.77 bits per heavy atom. The van der Waals surface area contributed by atoms with Crippen molar-refractivity contribution in [1.29, 1.82) is 0 Å². The summed E-state index contributed by atoms with van der Waals surface area (Å²) in [4.78, 5) is 11.6.